The maximum Gasteiger partial charge on any atom is 0.0537 e. The Balaban J connectivity index is 2.28. The number of aliphatic hydroxyl groups is 1. The second kappa shape index (κ2) is 5.32. The van der Waals surface area contributed by atoms with Gasteiger partial charge in [-0.25, -0.2) is 0 Å². The molecule has 0 amide bonds. The predicted octanol–water partition coefficient (Wildman–Crippen LogP) is 2.99. The summed E-state index contributed by atoms with van der Waals surface area (Å²) in [6.45, 7) is 4.67. The zero-order valence-corrected chi connectivity index (χ0v) is 11.7. The quantitative estimate of drug-likeness (QED) is 0.893. The zero-order valence-electron chi connectivity index (χ0n) is 10.9. The molecule has 3 heteroatoms. The van der Waals surface area contributed by atoms with Gasteiger partial charge in [-0.1, -0.05) is 12.1 Å². The minimum atomic E-state index is 0.300. The van der Waals surface area contributed by atoms with E-state index >= 15 is 0 Å². The first kappa shape index (κ1) is 12.8. The Hall–Kier alpha value is -0.670. The van der Waals surface area contributed by atoms with Gasteiger partial charge in [0.25, 0.3) is 0 Å². The van der Waals surface area contributed by atoms with Crippen molar-refractivity contribution in [3.05, 3.63) is 23.3 Å². The highest BCUT2D eigenvalue weighted by Crippen LogP contribution is 2.41. The molecule has 0 spiro atoms. The normalized spacial score (nSPS) is 19.3. The number of benzene rings is 1. The number of hydrogen-bond acceptors (Lipinski definition) is 3. The Bertz CT molecular complexity index is 405. The van der Waals surface area contributed by atoms with E-state index < -0.39 is 0 Å². The molecule has 0 aliphatic carbocycles. The van der Waals surface area contributed by atoms with Crippen molar-refractivity contribution in [3.8, 4) is 0 Å². The molecule has 2 nitrogen and oxygen atoms in total. The molecule has 1 aromatic rings. The average molecular weight is 251 g/mol. The summed E-state index contributed by atoms with van der Waals surface area (Å²) >= 11 is 1.97. The molecule has 0 aromatic heterocycles. The highest BCUT2D eigenvalue weighted by Gasteiger charge is 2.25. The Morgan fingerprint density at radius 2 is 2.06 bits per heavy atom. The molecule has 1 N–H and O–H groups in total. The van der Waals surface area contributed by atoms with E-state index in [0.29, 0.717) is 12.6 Å². The molecule has 0 bridgehead atoms. The third kappa shape index (κ3) is 2.45. The van der Waals surface area contributed by atoms with Crippen molar-refractivity contribution in [2.75, 3.05) is 24.3 Å². The summed E-state index contributed by atoms with van der Waals surface area (Å²) in [7, 11) is 2.19. The summed E-state index contributed by atoms with van der Waals surface area (Å²) in [5.74, 6) is 1.13. The molecule has 1 aromatic carbocycles. The molecule has 17 heavy (non-hydrogen) atoms. The van der Waals surface area contributed by atoms with Gasteiger partial charge in [-0.05, 0) is 37.8 Å². The summed E-state index contributed by atoms with van der Waals surface area (Å²) in [5, 5.41) is 8.95. The van der Waals surface area contributed by atoms with E-state index in [-0.39, 0.29) is 0 Å². The van der Waals surface area contributed by atoms with Crippen LogP contribution in [0.25, 0.3) is 0 Å². The van der Waals surface area contributed by atoms with E-state index in [4.69, 9.17) is 5.11 Å². The molecular weight excluding hydrogens is 230 g/mol. The summed E-state index contributed by atoms with van der Waals surface area (Å²) < 4.78 is 0. The van der Waals surface area contributed by atoms with Crippen molar-refractivity contribution in [1.82, 2.24) is 0 Å². The molecule has 1 unspecified atom stereocenters. The van der Waals surface area contributed by atoms with Crippen molar-refractivity contribution in [2.45, 2.75) is 37.6 Å². The molecular formula is C14H21NOS. The van der Waals surface area contributed by atoms with Crippen molar-refractivity contribution in [3.63, 3.8) is 0 Å². The van der Waals surface area contributed by atoms with Crippen molar-refractivity contribution in [1.29, 1.82) is 0 Å². The SMILES string of the molecule is Cc1ccc(C)c2c1SCC(CCCO)N2C. The molecule has 0 radical (unpaired) electrons. The first-order chi connectivity index (χ1) is 8.15. The third-order valence-corrected chi connectivity index (χ3v) is 4.90. The first-order valence-corrected chi connectivity index (χ1v) is 7.20. The summed E-state index contributed by atoms with van der Waals surface area (Å²) in [5.41, 5.74) is 4.13. The fourth-order valence-corrected chi connectivity index (χ4v) is 3.96. The summed E-state index contributed by atoms with van der Waals surface area (Å²) in [4.78, 5) is 3.84. The minimum absolute atomic E-state index is 0.300. The average Bonchev–Trinajstić information content (AvgIpc) is 2.32. The van der Waals surface area contributed by atoms with Crippen molar-refractivity contribution >= 4 is 17.4 Å². The van der Waals surface area contributed by atoms with Gasteiger partial charge >= 0.3 is 0 Å². The largest absolute Gasteiger partial charge is 0.396 e. The van der Waals surface area contributed by atoms with Crippen molar-refractivity contribution < 1.29 is 5.11 Å². The lowest BCUT2D eigenvalue weighted by Gasteiger charge is -2.37. The lowest BCUT2D eigenvalue weighted by Crippen LogP contribution is -2.37. The number of anilines is 1. The fraction of sp³-hybridized carbons (Fsp3) is 0.571. The number of fused-ring (bicyclic) bond motifs is 1. The van der Waals surface area contributed by atoms with Crippen LogP contribution >= 0.6 is 11.8 Å². The van der Waals surface area contributed by atoms with E-state index in [9.17, 15) is 0 Å². The lowest BCUT2D eigenvalue weighted by atomic mass is 10.1. The molecule has 2 rings (SSSR count). The standard InChI is InChI=1S/C14H21NOS/c1-10-6-7-11(2)14-13(10)15(3)12(9-17-14)5-4-8-16/h6-7,12,16H,4-5,8-9H2,1-3H3. The van der Waals surface area contributed by atoms with Gasteiger partial charge in [-0.2, -0.15) is 0 Å². The van der Waals surface area contributed by atoms with E-state index in [1.807, 2.05) is 11.8 Å². The molecule has 1 atom stereocenters. The van der Waals surface area contributed by atoms with Gasteiger partial charge in [0.1, 0.15) is 0 Å². The minimum Gasteiger partial charge on any atom is -0.396 e. The van der Waals surface area contributed by atoms with Crippen LogP contribution in [0.5, 0.6) is 0 Å². The topological polar surface area (TPSA) is 23.5 Å². The Morgan fingerprint density at radius 1 is 1.35 bits per heavy atom. The number of rotatable bonds is 3. The predicted molar refractivity (Wildman–Crippen MR) is 75.2 cm³/mol. The van der Waals surface area contributed by atoms with E-state index in [1.165, 1.54) is 21.7 Å². The monoisotopic (exact) mass is 251 g/mol. The smallest absolute Gasteiger partial charge is 0.0537 e. The van der Waals surface area contributed by atoms with Crippen LogP contribution in [0.1, 0.15) is 24.0 Å². The second-order valence-electron chi connectivity index (χ2n) is 4.82. The van der Waals surface area contributed by atoms with Gasteiger partial charge < -0.3 is 10.0 Å². The number of hydrogen-bond donors (Lipinski definition) is 1. The van der Waals surface area contributed by atoms with E-state index in [1.54, 1.807) is 0 Å². The Morgan fingerprint density at radius 3 is 2.76 bits per heavy atom. The maximum atomic E-state index is 8.95. The van der Waals surface area contributed by atoms with Crippen LogP contribution < -0.4 is 4.90 Å². The third-order valence-electron chi connectivity index (χ3n) is 3.55. The number of aryl methyl sites for hydroxylation is 2. The van der Waals surface area contributed by atoms with Gasteiger partial charge in [0.15, 0.2) is 0 Å². The highest BCUT2D eigenvalue weighted by molar-refractivity contribution is 7.99. The second-order valence-corrected chi connectivity index (χ2v) is 5.85. The van der Waals surface area contributed by atoms with E-state index in [0.717, 1.165) is 18.6 Å². The summed E-state index contributed by atoms with van der Waals surface area (Å²) in [6.07, 6.45) is 1.97. The number of thioether (sulfide) groups is 1. The van der Waals surface area contributed by atoms with Gasteiger partial charge in [0, 0.05) is 30.3 Å². The van der Waals surface area contributed by atoms with E-state index in [2.05, 4.69) is 37.9 Å². The van der Waals surface area contributed by atoms with Crippen LogP contribution in [0.4, 0.5) is 5.69 Å². The van der Waals surface area contributed by atoms with Crippen LogP contribution in [0, 0.1) is 13.8 Å². The molecule has 1 heterocycles. The maximum absolute atomic E-state index is 8.95. The Labute approximate surface area is 108 Å². The molecule has 94 valence electrons. The van der Waals surface area contributed by atoms with Gasteiger partial charge in [-0.15, -0.1) is 11.8 Å². The molecule has 0 fully saturated rings. The van der Waals surface area contributed by atoms with Gasteiger partial charge in [-0.3, -0.25) is 0 Å². The van der Waals surface area contributed by atoms with Crippen LogP contribution in [0.15, 0.2) is 17.0 Å². The van der Waals surface area contributed by atoms with Gasteiger partial charge in [0.2, 0.25) is 0 Å². The van der Waals surface area contributed by atoms with Crippen LogP contribution in [0.2, 0.25) is 0 Å². The highest BCUT2D eigenvalue weighted by atomic mass is 32.2. The first-order valence-electron chi connectivity index (χ1n) is 6.22. The fourth-order valence-electron chi connectivity index (χ4n) is 2.47. The zero-order chi connectivity index (χ0) is 12.4. The number of aliphatic hydroxyl groups excluding tert-OH is 1. The molecule has 0 saturated carbocycles. The molecule has 1 aliphatic rings. The lowest BCUT2D eigenvalue weighted by molar-refractivity contribution is 0.280. The molecule has 1 aliphatic heterocycles. The van der Waals surface area contributed by atoms with Crippen LogP contribution in [-0.2, 0) is 0 Å². The van der Waals surface area contributed by atoms with Gasteiger partial charge in [0.05, 0.1) is 5.69 Å². The Kier molecular flexibility index (Phi) is 4.00. The number of nitrogens with zero attached hydrogens (tertiary/aromatic N) is 1. The van der Waals surface area contributed by atoms with Crippen LogP contribution in [0.3, 0.4) is 0 Å². The summed E-state index contributed by atoms with van der Waals surface area (Å²) in [6, 6.07) is 4.98. The van der Waals surface area contributed by atoms with Crippen molar-refractivity contribution in [2.24, 2.45) is 0 Å². The molecule has 0 saturated heterocycles. The van der Waals surface area contributed by atoms with Crippen LogP contribution in [-0.4, -0.2) is 30.6 Å².